The first kappa shape index (κ1) is 11.2. The van der Waals surface area contributed by atoms with E-state index in [1.165, 1.54) is 0 Å². The van der Waals surface area contributed by atoms with Crippen molar-refractivity contribution in [3.05, 3.63) is 0 Å². The van der Waals surface area contributed by atoms with E-state index in [1.54, 1.807) is 0 Å². The van der Waals surface area contributed by atoms with E-state index in [4.69, 9.17) is 19.7 Å². The van der Waals surface area contributed by atoms with Crippen LogP contribution in [0.2, 0.25) is 0 Å². The first-order chi connectivity index (χ1) is 7.00. The number of aliphatic hydroxyl groups excluding tert-OH is 5. The number of rotatable bonds is 2. The molecule has 1 spiro atoms. The first-order valence-corrected chi connectivity index (χ1v) is 4.69. The molecule has 0 aromatic heterocycles. The standard InChI is InChI=1S/C8H14O7/c9-2-4(11)6-5(12)3(10)1-8(14-6)7(13)15-8/h3-7,9-13H,1-2H2/t3-,4-,5-,6-,7?,8+/m1/s1. The van der Waals surface area contributed by atoms with Crippen LogP contribution in [0.25, 0.3) is 0 Å². The normalized spacial score (nSPS) is 51.8. The predicted molar refractivity (Wildman–Crippen MR) is 44.4 cm³/mol. The Bertz CT molecular complexity index is 247. The van der Waals surface area contributed by atoms with Crippen LogP contribution in [-0.4, -0.2) is 68.6 Å². The fraction of sp³-hybridized carbons (Fsp3) is 1.00. The van der Waals surface area contributed by atoms with Crippen LogP contribution in [0.3, 0.4) is 0 Å². The Morgan fingerprint density at radius 3 is 2.33 bits per heavy atom. The van der Waals surface area contributed by atoms with Crippen LogP contribution in [0.5, 0.6) is 0 Å². The summed E-state index contributed by atoms with van der Waals surface area (Å²) in [6.07, 6.45) is -6.20. The molecule has 0 radical (unpaired) electrons. The molecule has 0 amide bonds. The fourth-order valence-electron chi connectivity index (χ4n) is 1.78. The molecule has 6 atom stereocenters. The van der Waals surface area contributed by atoms with E-state index in [9.17, 15) is 15.3 Å². The van der Waals surface area contributed by atoms with Crippen LogP contribution in [0, 0.1) is 0 Å². The van der Waals surface area contributed by atoms with Crippen LogP contribution < -0.4 is 0 Å². The van der Waals surface area contributed by atoms with Crippen molar-refractivity contribution in [2.75, 3.05) is 6.61 Å². The number of hydrogen-bond donors (Lipinski definition) is 5. The number of hydrogen-bond acceptors (Lipinski definition) is 7. The van der Waals surface area contributed by atoms with Crippen molar-refractivity contribution in [2.24, 2.45) is 0 Å². The lowest BCUT2D eigenvalue weighted by atomic mass is 9.94. The Morgan fingerprint density at radius 1 is 1.27 bits per heavy atom. The van der Waals surface area contributed by atoms with Gasteiger partial charge in [-0.15, -0.1) is 0 Å². The van der Waals surface area contributed by atoms with Gasteiger partial charge in [0.05, 0.1) is 12.7 Å². The molecule has 5 N–H and O–H groups in total. The van der Waals surface area contributed by atoms with Gasteiger partial charge in [0, 0.05) is 6.42 Å². The molecule has 1 unspecified atom stereocenters. The van der Waals surface area contributed by atoms with Gasteiger partial charge >= 0.3 is 0 Å². The van der Waals surface area contributed by atoms with Crippen molar-refractivity contribution in [1.82, 2.24) is 0 Å². The minimum Gasteiger partial charge on any atom is -0.394 e. The molecule has 2 rings (SSSR count). The molecule has 2 aliphatic rings. The van der Waals surface area contributed by atoms with E-state index in [1.807, 2.05) is 0 Å². The third-order valence-corrected chi connectivity index (χ3v) is 2.76. The SMILES string of the molecule is OC[C@@H](O)[C@H]1O[C@@]2(C[C@@H](O)[C@H]1O)OC2O. The van der Waals surface area contributed by atoms with Crippen molar-refractivity contribution in [3.63, 3.8) is 0 Å². The average Bonchev–Trinajstić information content (AvgIpc) is 2.81. The van der Waals surface area contributed by atoms with E-state index in [0.29, 0.717) is 0 Å². The van der Waals surface area contributed by atoms with Gasteiger partial charge in [-0.2, -0.15) is 0 Å². The van der Waals surface area contributed by atoms with E-state index in [2.05, 4.69) is 0 Å². The Kier molecular flexibility index (Phi) is 2.72. The van der Waals surface area contributed by atoms with E-state index in [0.717, 1.165) is 0 Å². The number of ether oxygens (including phenoxy) is 2. The molecule has 2 fully saturated rings. The molecule has 7 nitrogen and oxygen atoms in total. The van der Waals surface area contributed by atoms with Gasteiger partial charge in [0.1, 0.15) is 18.3 Å². The summed E-state index contributed by atoms with van der Waals surface area (Å²) < 4.78 is 9.90. The molecule has 7 heteroatoms. The van der Waals surface area contributed by atoms with Crippen molar-refractivity contribution in [2.45, 2.75) is 42.9 Å². The molecule has 2 aliphatic heterocycles. The van der Waals surface area contributed by atoms with Crippen LogP contribution in [0.1, 0.15) is 6.42 Å². The molecule has 0 bridgehead atoms. The van der Waals surface area contributed by atoms with E-state index in [-0.39, 0.29) is 6.42 Å². The minimum atomic E-state index is -1.33. The average molecular weight is 222 g/mol. The summed E-state index contributed by atoms with van der Waals surface area (Å²) in [7, 11) is 0. The zero-order valence-electron chi connectivity index (χ0n) is 7.85. The molecule has 0 aromatic carbocycles. The van der Waals surface area contributed by atoms with Crippen LogP contribution in [-0.2, 0) is 9.47 Å². The van der Waals surface area contributed by atoms with Gasteiger partial charge in [0.2, 0.25) is 12.1 Å². The van der Waals surface area contributed by atoms with Gasteiger partial charge in [-0.3, -0.25) is 0 Å². The van der Waals surface area contributed by atoms with Crippen LogP contribution >= 0.6 is 0 Å². The maximum absolute atomic E-state index is 9.50. The highest BCUT2D eigenvalue weighted by Crippen LogP contribution is 2.45. The van der Waals surface area contributed by atoms with Gasteiger partial charge in [-0.1, -0.05) is 0 Å². The fourth-order valence-corrected chi connectivity index (χ4v) is 1.78. The Balaban J connectivity index is 2.09. The Morgan fingerprint density at radius 2 is 1.87 bits per heavy atom. The minimum absolute atomic E-state index is 0.0655. The molecule has 2 heterocycles. The Hall–Kier alpha value is -0.280. The summed E-state index contributed by atoms with van der Waals surface area (Å²) in [6.45, 7) is -0.610. The second-order valence-electron chi connectivity index (χ2n) is 3.88. The summed E-state index contributed by atoms with van der Waals surface area (Å²) in [4.78, 5) is 0. The summed E-state index contributed by atoms with van der Waals surface area (Å²) in [5.41, 5.74) is 0. The topological polar surface area (TPSA) is 123 Å². The molecule has 15 heavy (non-hydrogen) atoms. The lowest BCUT2D eigenvalue weighted by Gasteiger charge is -2.37. The lowest BCUT2D eigenvalue weighted by molar-refractivity contribution is -0.240. The largest absolute Gasteiger partial charge is 0.394 e. The monoisotopic (exact) mass is 222 g/mol. The van der Waals surface area contributed by atoms with Gasteiger partial charge in [0.15, 0.2) is 0 Å². The molecule has 0 aliphatic carbocycles. The molecule has 0 saturated carbocycles. The third-order valence-electron chi connectivity index (χ3n) is 2.76. The molecular weight excluding hydrogens is 208 g/mol. The summed E-state index contributed by atoms with van der Waals surface area (Å²) in [5, 5.41) is 46.2. The van der Waals surface area contributed by atoms with E-state index < -0.39 is 43.1 Å². The highest BCUT2D eigenvalue weighted by molar-refractivity contribution is 5.00. The van der Waals surface area contributed by atoms with Gasteiger partial charge in [-0.05, 0) is 0 Å². The smallest absolute Gasteiger partial charge is 0.226 e. The zero-order chi connectivity index (χ0) is 11.2. The van der Waals surface area contributed by atoms with Gasteiger partial charge in [0.25, 0.3) is 0 Å². The second-order valence-corrected chi connectivity index (χ2v) is 3.88. The number of aliphatic hydroxyl groups is 5. The quantitative estimate of drug-likeness (QED) is 0.313. The van der Waals surface area contributed by atoms with Crippen molar-refractivity contribution in [1.29, 1.82) is 0 Å². The van der Waals surface area contributed by atoms with Crippen molar-refractivity contribution in [3.8, 4) is 0 Å². The molecule has 88 valence electrons. The third kappa shape index (κ3) is 1.76. The first-order valence-electron chi connectivity index (χ1n) is 4.69. The lowest BCUT2D eigenvalue weighted by Crippen LogP contribution is -2.56. The summed E-state index contributed by atoms with van der Waals surface area (Å²) in [6, 6.07) is 0. The molecule has 0 aromatic rings. The highest BCUT2D eigenvalue weighted by Gasteiger charge is 2.64. The summed E-state index contributed by atoms with van der Waals surface area (Å²) in [5.74, 6) is -1.33. The van der Waals surface area contributed by atoms with Crippen LogP contribution in [0.4, 0.5) is 0 Å². The Labute approximate surface area is 85.5 Å². The van der Waals surface area contributed by atoms with Crippen molar-refractivity contribution >= 4 is 0 Å². The van der Waals surface area contributed by atoms with Crippen molar-refractivity contribution < 1.29 is 35.0 Å². The summed E-state index contributed by atoms with van der Waals surface area (Å²) >= 11 is 0. The maximum atomic E-state index is 9.50. The molecule has 2 saturated heterocycles. The van der Waals surface area contributed by atoms with Gasteiger partial charge < -0.3 is 35.0 Å². The zero-order valence-corrected chi connectivity index (χ0v) is 7.85. The van der Waals surface area contributed by atoms with Gasteiger partial charge in [-0.25, -0.2) is 0 Å². The number of epoxide rings is 1. The maximum Gasteiger partial charge on any atom is 0.226 e. The highest BCUT2D eigenvalue weighted by atomic mass is 16.9. The van der Waals surface area contributed by atoms with E-state index >= 15 is 0 Å². The predicted octanol–water partition coefficient (Wildman–Crippen LogP) is -3.10. The second kappa shape index (κ2) is 3.63. The van der Waals surface area contributed by atoms with Crippen LogP contribution in [0.15, 0.2) is 0 Å². The molecular formula is C8H14O7.